The average molecular weight is 242 g/mol. The predicted molar refractivity (Wildman–Crippen MR) is 73.2 cm³/mol. The molecule has 0 bridgehead atoms. The summed E-state index contributed by atoms with van der Waals surface area (Å²) in [5.41, 5.74) is 0.538. The summed E-state index contributed by atoms with van der Waals surface area (Å²) in [6.45, 7) is 10.9. The number of hydrogen-bond acceptors (Lipinski definition) is 3. The Morgan fingerprint density at radius 2 is 2.06 bits per heavy atom. The Labute approximate surface area is 105 Å². The van der Waals surface area contributed by atoms with Crippen LogP contribution >= 0.6 is 11.8 Å². The number of nitrogens with one attached hydrogen (secondary N) is 1. The summed E-state index contributed by atoms with van der Waals surface area (Å²) in [7, 11) is 0. The van der Waals surface area contributed by atoms with Gasteiger partial charge in [-0.1, -0.05) is 20.8 Å². The van der Waals surface area contributed by atoms with Crippen molar-refractivity contribution < 1.29 is 0 Å². The third kappa shape index (κ3) is 2.93. The van der Waals surface area contributed by atoms with Gasteiger partial charge in [0, 0.05) is 30.9 Å². The van der Waals surface area contributed by atoms with E-state index in [0.717, 1.165) is 12.1 Å². The Balaban J connectivity index is 1.95. The van der Waals surface area contributed by atoms with Gasteiger partial charge in [-0.3, -0.25) is 4.90 Å². The normalized spacial score (nSPS) is 30.4. The van der Waals surface area contributed by atoms with Crippen molar-refractivity contribution >= 4 is 11.8 Å². The van der Waals surface area contributed by atoms with E-state index in [4.69, 9.17) is 0 Å². The fraction of sp³-hybridized carbons (Fsp3) is 1.00. The zero-order valence-electron chi connectivity index (χ0n) is 11.0. The van der Waals surface area contributed by atoms with Crippen LogP contribution in [0, 0.1) is 5.41 Å². The van der Waals surface area contributed by atoms with Crippen LogP contribution in [-0.2, 0) is 0 Å². The van der Waals surface area contributed by atoms with E-state index in [1.165, 1.54) is 44.0 Å². The summed E-state index contributed by atoms with van der Waals surface area (Å²) in [6, 6.07) is 1.64. The van der Waals surface area contributed by atoms with Gasteiger partial charge in [-0.05, 0) is 30.6 Å². The molecule has 2 rings (SSSR count). The fourth-order valence-electron chi connectivity index (χ4n) is 2.87. The van der Waals surface area contributed by atoms with E-state index in [0.29, 0.717) is 5.41 Å². The summed E-state index contributed by atoms with van der Waals surface area (Å²) >= 11 is 2.15. The topological polar surface area (TPSA) is 15.3 Å². The molecule has 2 heterocycles. The molecule has 0 aromatic heterocycles. The summed E-state index contributed by atoms with van der Waals surface area (Å²) in [5, 5.41) is 3.41. The molecular formula is C13H26N2S. The van der Waals surface area contributed by atoms with Crippen molar-refractivity contribution in [2.45, 2.75) is 45.7 Å². The highest BCUT2D eigenvalue weighted by atomic mass is 32.2. The van der Waals surface area contributed by atoms with E-state index < -0.39 is 0 Å². The van der Waals surface area contributed by atoms with Crippen LogP contribution in [0.1, 0.15) is 33.6 Å². The number of hydrogen-bond donors (Lipinski definition) is 1. The van der Waals surface area contributed by atoms with Crippen LogP contribution < -0.4 is 5.32 Å². The second-order valence-corrected chi connectivity index (χ2v) is 7.12. The smallest absolute Gasteiger partial charge is 0.0348 e. The Morgan fingerprint density at radius 1 is 1.31 bits per heavy atom. The molecule has 2 fully saturated rings. The Kier molecular flexibility index (Phi) is 4.20. The second-order valence-electron chi connectivity index (χ2n) is 6.09. The van der Waals surface area contributed by atoms with Crippen molar-refractivity contribution in [2.75, 3.05) is 31.1 Å². The van der Waals surface area contributed by atoms with Gasteiger partial charge in [0.05, 0.1) is 0 Å². The van der Waals surface area contributed by atoms with E-state index in [2.05, 4.69) is 42.7 Å². The van der Waals surface area contributed by atoms with Crippen molar-refractivity contribution in [1.82, 2.24) is 10.2 Å². The zero-order valence-corrected chi connectivity index (χ0v) is 11.8. The van der Waals surface area contributed by atoms with E-state index in [-0.39, 0.29) is 0 Å². The Hall–Kier alpha value is 0.270. The van der Waals surface area contributed by atoms with Crippen LogP contribution in [0.25, 0.3) is 0 Å². The molecular weight excluding hydrogens is 216 g/mol. The molecule has 0 amide bonds. The zero-order chi connectivity index (χ0) is 11.6. The van der Waals surface area contributed by atoms with Crippen LogP contribution in [0.2, 0.25) is 0 Å². The lowest BCUT2D eigenvalue weighted by Gasteiger charge is -2.47. The first kappa shape index (κ1) is 12.7. The van der Waals surface area contributed by atoms with E-state index in [1.54, 1.807) is 0 Å². The Bertz CT molecular complexity index is 226. The SMILES string of the molecule is CCCN(C1CNC1)C1CSCC(C)(C)C1. The summed E-state index contributed by atoms with van der Waals surface area (Å²) in [5.74, 6) is 2.69. The highest BCUT2D eigenvalue weighted by Gasteiger charge is 2.36. The van der Waals surface area contributed by atoms with Crippen LogP contribution in [0.5, 0.6) is 0 Å². The standard InChI is InChI=1S/C13H26N2S/c1-4-5-15(12-7-14-8-12)11-6-13(2,3)10-16-9-11/h11-12,14H,4-10H2,1-3H3. The molecule has 2 nitrogen and oxygen atoms in total. The predicted octanol–water partition coefficient (Wildman–Crippen LogP) is 2.20. The molecule has 0 aromatic carbocycles. The molecule has 0 spiro atoms. The third-order valence-electron chi connectivity index (χ3n) is 3.77. The minimum absolute atomic E-state index is 0.538. The third-order valence-corrected chi connectivity index (χ3v) is 5.38. The second kappa shape index (κ2) is 5.28. The molecule has 16 heavy (non-hydrogen) atoms. The van der Waals surface area contributed by atoms with Gasteiger partial charge in [-0.2, -0.15) is 11.8 Å². The molecule has 3 heteroatoms. The first-order chi connectivity index (χ1) is 7.62. The van der Waals surface area contributed by atoms with Gasteiger partial charge in [0.2, 0.25) is 0 Å². The lowest BCUT2D eigenvalue weighted by molar-refractivity contribution is 0.0797. The number of nitrogens with zero attached hydrogens (tertiary/aromatic N) is 1. The summed E-state index contributed by atoms with van der Waals surface area (Å²) in [6.07, 6.45) is 2.68. The van der Waals surface area contributed by atoms with Crippen molar-refractivity contribution in [3.05, 3.63) is 0 Å². The monoisotopic (exact) mass is 242 g/mol. The molecule has 0 aromatic rings. The van der Waals surface area contributed by atoms with Crippen LogP contribution in [0.15, 0.2) is 0 Å². The van der Waals surface area contributed by atoms with Gasteiger partial charge in [-0.25, -0.2) is 0 Å². The van der Waals surface area contributed by atoms with Crippen molar-refractivity contribution in [3.8, 4) is 0 Å². The molecule has 0 saturated carbocycles. The average Bonchev–Trinajstić information content (AvgIpc) is 2.12. The highest BCUT2D eigenvalue weighted by Crippen LogP contribution is 2.36. The lowest BCUT2D eigenvalue weighted by atomic mass is 9.86. The summed E-state index contributed by atoms with van der Waals surface area (Å²) < 4.78 is 0. The van der Waals surface area contributed by atoms with Crippen LogP contribution in [0.3, 0.4) is 0 Å². The maximum atomic E-state index is 3.41. The van der Waals surface area contributed by atoms with Gasteiger partial charge >= 0.3 is 0 Å². The molecule has 94 valence electrons. The molecule has 1 N–H and O–H groups in total. The summed E-state index contributed by atoms with van der Waals surface area (Å²) in [4.78, 5) is 2.78. The first-order valence-corrected chi connectivity index (χ1v) is 7.82. The molecule has 0 radical (unpaired) electrons. The van der Waals surface area contributed by atoms with Crippen molar-refractivity contribution in [3.63, 3.8) is 0 Å². The fourth-order valence-corrected chi connectivity index (χ4v) is 4.24. The van der Waals surface area contributed by atoms with E-state index >= 15 is 0 Å². The Morgan fingerprint density at radius 3 is 2.56 bits per heavy atom. The highest BCUT2D eigenvalue weighted by molar-refractivity contribution is 7.99. The molecule has 2 aliphatic rings. The maximum absolute atomic E-state index is 3.41. The first-order valence-electron chi connectivity index (χ1n) is 6.66. The lowest BCUT2D eigenvalue weighted by Crippen LogP contribution is -2.61. The molecule has 2 saturated heterocycles. The van der Waals surface area contributed by atoms with Gasteiger partial charge in [0.15, 0.2) is 0 Å². The van der Waals surface area contributed by atoms with E-state index in [1.807, 2.05) is 0 Å². The molecule has 2 aliphatic heterocycles. The molecule has 1 unspecified atom stereocenters. The molecule has 0 aliphatic carbocycles. The van der Waals surface area contributed by atoms with E-state index in [9.17, 15) is 0 Å². The number of thioether (sulfide) groups is 1. The van der Waals surface area contributed by atoms with Gasteiger partial charge in [0.1, 0.15) is 0 Å². The van der Waals surface area contributed by atoms with Crippen LogP contribution in [-0.4, -0.2) is 48.1 Å². The quantitative estimate of drug-likeness (QED) is 0.814. The van der Waals surface area contributed by atoms with Crippen molar-refractivity contribution in [1.29, 1.82) is 0 Å². The minimum Gasteiger partial charge on any atom is -0.314 e. The maximum Gasteiger partial charge on any atom is 0.0348 e. The van der Waals surface area contributed by atoms with Gasteiger partial charge in [-0.15, -0.1) is 0 Å². The van der Waals surface area contributed by atoms with Gasteiger partial charge < -0.3 is 5.32 Å². The van der Waals surface area contributed by atoms with Crippen LogP contribution in [0.4, 0.5) is 0 Å². The van der Waals surface area contributed by atoms with Gasteiger partial charge in [0.25, 0.3) is 0 Å². The number of rotatable bonds is 4. The molecule has 1 atom stereocenters. The largest absolute Gasteiger partial charge is 0.314 e. The van der Waals surface area contributed by atoms with Crippen molar-refractivity contribution in [2.24, 2.45) is 5.41 Å². The minimum atomic E-state index is 0.538.